The van der Waals surface area contributed by atoms with Crippen LogP contribution < -0.4 is 0 Å². The summed E-state index contributed by atoms with van der Waals surface area (Å²) in [6, 6.07) is 0. The number of aliphatic hydroxyl groups is 1. The fraction of sp³-hybridized carbons (Fsp3) is 1.00. The lowest BCUT2D eigenvalue weighted by atomic mass is 10.4. The zero-order valence-corrected chi connectivity index (χ0v) is 9.29. The summed E-state index contributed by atoms with van der Waals surface area (Å²) < 4.78 is 0. The second-order valence-corrected chi connectivity index (χ2v) is 3.41. The molecule has 0 fully saturated rings. The summed E-state index contributed by atoms with van der Waals surface area (Å²) in [6.45, 7) is 10.2. The van der Waals surface area contributed by atoms with Crippen molar-refractivity contribution >= 4 is 0 Å². The minimum Gasteiger partial charge on any atom is -0.396 e. The molecule has 0 aliphatic rings. The minimum atomic E-state index is 0.301. The van der Waals surface area contributed by atoms with Gasteiger partial charge in [-0.25, -0.2) is 0 Å². The molecule has 3 heteroatoms. The molecule has 0 saturated carbocycles. The SMILES string of the molecule is CCN(CC)CCN(C)CCCO. The third-order valence-electron chi connectivity index (χ3n) is 2.39. The summed E-state index contributed by atoms with van der Waals surface area (Å²) in [4.78, 5) is 4.68. The smallest absolute Gasteiger partial charge is 0.0443 e. The van der Waals surface area contributed by atoms with E-state index in [1.54, 1.807) is 0 Å². The van der Waals surface area contributed by atoms with Crippen molar-refractivity contribution < 1.29 is 5.11 Å². The van der Waals surface area contributed by atoms with Gasteiger partial charge in [0.05, 0.1) is 0 Å². The number of likely N-dealkylation sites (N-methyl/N-ethyl adjacent to an activating group) is 2. The molecule has 13 heavy (non-hydrogen) atoms. The van der Waals surface area contributed by atoms with E-state index in [-0.39, 0.29) is 0 Å². The molecule has 0 unspecified atom stereocenters. The summed E-state index contributed by atoms with van der Waals surface area (Å²) in [5.74, 6) is 0. The zero-order chi connectivity index (χ0) is 10.1. The van der Waals surface area contributed by atoms with Crippen LogP contribution in [0.3, 0.4) is 0 Å². The van der Waals surface area contributed by atoms with E-state index >= 15 is 0 Å². The van der Waals surface area contributed by atoms with Gasteiger partial charge in [-0.3, -0.25) is 0 Å². The zero-order valence-electron chi connectivity index (χ0n) is 9.29. The van der Waals surface area contributed by atoms with Crippen LogP contribution >= 0.6 is 0 Å². The predicted octanol–water partition coefficient (Wildman–Crippen LogP) is 0.642. The average Bonchev–Trinajstić information content (AvgIpc) is 2.16. The molecule has 0 aromatic carbocycles. The third-order valence-corrected chi connectivity index (χ3v) is 2.39. The first-order valence-electron chi connectivity index (χ1n) is 5.26. The van der Waals surface area contributed by atoms with Crippen molar-refractivity contribution in [2.75, 3.05) is 46.4 Å². The van der Waals surface area contributed by atoms with Crippen molar-refractivity contribution in [3.05, 3.63) is 0 Å². The van der Waals surface area contributed by atoms with Gasteiger partial charge in [0.15, 0.2) is 0 Å². The fourth-order valence-corrected chi connectivity index (χ4v) is 1.30. The molecule has 0 bridgehead atoms. The summed E-state index contributed by atoms with van der Waals surface area (Å²) >= 11 is 0. The van der Waals surface area contributed by atoms with Gasteiger partial charge >= 0.3 is 0 Å². The Labute approximate surface area is 82.3 Å². The van der Waals surface area contributed by atoms with Gasteiger partial charge in [-0.05, 0) is 26.6 Å². The van der Waals surface area contributed by atoms with E-state index in [1.807, 2.05) is 0 Å². The Kier molecular flexibility index (Phi) is 8.40. The number of aliphatic hydroxyl groups excluding tert-OH is 1. The second kappa shape index (κ2) is 8.48. The van der Waals surface area contributed by atoms with E-state index < -0.39 is 0 Å². The Balaban J connectivity index is 3.38. The van der Waals surface area contributed by atoms with E-state index in [0.717, 1.165) is 39.1 Å². The first kappa shape index (κ1) is 12.9. The Morgan fingerprint density at radius 3 is 2.08 bits per heavy atom. The van der Waals surface area contributed by atoms with Crippen LogP contribution in [0.15, 0.2) is 0 Å². The summed E-state index contributed by atoms with van der Waals surface area (Å²) in [6.07, 6.45) is 0.884. The monoisotopic (exact) mass is 188 g/mol. The molecule has 1 N–H and O–H groups in total. The molecule has 0 atom stereocenters. The highest BCUT2D eigenvalue weighted by Crippen LogP contribution is 1.90. The molecule has 0 heterocycles. The number of rotatable bonds is 8. The van der Waals surface area contributed by atoms with Gasteiger partial charge in [0.2, 0.25) is 0 Å². The first-order valence-corrected chi connectivity index (χ1v) is 5.26. The van der Waals surface area contributed by atoms with Crippen LogP contribution in [-0.4, -0.2) is 61.3 Å². The maximum Gasteiger partial charge on any atom is 0.0443 e. The van der Waals surface area contributed by atoms with E-state index in [0.29, 0.717) is 6.61 Å². The highest BCUT2D eigenvalue weighted by atomic mass is 16.3. The van der Waals surface area contributed by atoms with E-state index in [9.17, 15) is 0 Å². The minimum absolute atomic E-state index is 0.301. The maximum atomic E-state index is 8.65. The van der Waals surface area contributed by atoms with Crippen LogP contribution in [0.2, 0.25) is 0 Å². The molecular formula is C10H24N2O. The molecule has 0 spiro atoms. The van der Waals surface area contributed by atoms with Gasteiger partial charge in [0, 0.05) is 26.2 Å². The number of nitrogens with zero attached hydrogens (tertiary/aromatic N) is 2. The highest BCUT2D eigenvalue weighted by Gasteiger charge is 2.01. The molecule has 0 rings (SSSR count). The average molecular weight is 188 g/mol. The fourth-order valence-electron chi connectivity index (χ4n) is 1.30. The van der Waals surface area contributed by atoms with Crippen molar-refractivity contribution in [1.29, 1.82) is 0 Å². The molecule has 0 aromatic rings. The molecule has 0 amide bonds. The summed E-state index contributed by atoms with van der Waals surface area (Å²) in [5, 5.41) is 8.65. The normalized spacial score (nSPS) is 11.5. The Morgan fingerprint density at radius 1 is 1.00 bits per heavy atom. The topological polar surface area (TPSA) is 26.7 Å². The first-order chi connectivity index (χ1) is 6.24. The molecular weight excluding hydrogens is 164 g/mol. The van der Waals surface area contributed by atoms with Gasteiger partial charge in [0.1, 0.15) is 0 Å². The lowest BCUT2D eigenvalue weighted by molar-refractivity contribution is 0.217. The summed E-state index contributed by atoms with van der Waals surface area (Å²) in [7, 11) is 2.11. The molecule has 3 nitrogen and oxygen atoms in total. The molecule has 0 saturated heterocycles. The molecule has 0 aliphatic carbocycles. The van der Waals surface area contributed by atoms with Crippen molar-refractivity contribution in [2.24, 2.45) is 0 Å². The van der Waals surface area contributed by atoms with E-state index in [4.69, 9.17) is 5.11 Å². The van der Waals surface area contributed by atoms with E-state index in [1.165, 1.54) is 0 Å². The molecule has 0 aliphatic heterocycles. The lowest BCUT2D eigenvalue weighted by Gasteiger charge is -2.22. The van der Waals surface area contributed by atoms with Crippen LogP contribution in [0.5, 0.6) is 0 Å². The van der Waals surface area contributed by atoms with Crippen LogP contribution in [0.25, 0.3) is 0 Å². The van der Waals surface area contributed by atoms with Crippen molar-refractivity contribution in [1.82, 2.24) is 9.80 Å². The van der Waals surface area contributed by atoms with Crippen molar-refractivity contribution in [2.45, 2.75) is 20.3 Å². The highest BCUT2D eigenvalue weighted by molar-refractivity contribution is 4.57. The molecule has 0 aromatic heterocycles. The van der Waals surface area contributed by atoms with Crippen LogP contribution in [-0.2, 0) is 0 Å². The van der Waals surface area contributed by atoms with Crippen LogP contribution in [0, 0.1) is 0 Å². The quantitative estimate of drug-likeness (QED) is 0.605. The number of hydrogen-bond acceptors (Lipinski definition) is 3. The van der Waals surface area contributed by atoms with E-state index in [2.05, 4.69) is 30.7 Å². The Morgan fingerprint density at radius 2 is 1.62 bits per heavy atom. The largest absolute Gasteiger partial charge is 0.396 e. The second-order valence-electron chi connectivity index (χ2n) is 3.41. The van der Waals surface area contributed by atoms with Gasteiger partial charge in [-0.2, -0.15) is 0 Å². The van der Waals surface area contributed by atoms with Crippen LogP contribution in [0.1, 0.15) is 20.3 Å². The molecule has 0 radical (unpaired) electrons. The van der Waals surface area contributed by atoms with Gasteiger partial charge in [0.25, 0.3) is 0 Å². The Bertz CT molecular complexity index is 105. The van der Waals surface area contributed by atoms with Crippen molar-refractivity contribution in [3.63, 3.8) is 0 Å². The summed E-state index contributed by atoms with van der Waals surface area (Å²) in [5.41, 5.74) is 0. The maximum absolute atomic E-state index is 8.65. The van der Waals surface area contributed by atoms with Crippen LogP contribution in [0.4, 0.5) is 0 Å². The lowest BCUT2D eigenvalue weighted by Crippen LogP contribution is -2.33. The predicted molar refractivity (Wildman–Crippen MR) is 57.0 cm³/mol. The van der Waals surface area contributed by atoms with Gasteiger partial charge in [-0.1, -0.05) is 13.8 Å². The standard InChI is InChI=1S/C10H24N2O/c1-4-12(5-2)9-8-11(3)7-6-10-13/h13H,4-10H2,1-3H3. The van der Waals surface area contributed by atoms with Gasteiger partial charge < -0.3 is 14.9 Å². The van der Waals surface area contributed by atoms with Crippen molar-refractivity contribution in [3.8, 4) is 0 Å². The van der Waals surface area contributed by atoms with Gasteiger partial charge in [-0.15, -0.1) is 0 Å². The molecule has 80 valence electrons. The number of hydrogen-bond donors (Lipinski definition) is 1. The Hall–Kier alpha value is -0.120. The third kappa shape index (κ3) is 6.99.